The van der Waals surface area contributed by atoms with Crippen LogP contribution in [-0.4, -0.2) is 32.7 Å². The Morgan fingerprint density at radius 3 is 2.42 bits per heavy atom. The molecule has 0 amide bonds. The fraction of sp³-hybridized carbons (Fsp3) is 0.167. The van der Waals surface area contributed by atoms with Gasteiger partial charge >= 0.3 is 0 Å². The van der Waals surface area contributed by atoms with E-state index < -0.39 is 6.10 Å². The summed E-state index contributed by atoms with van der Waals surface area (Å²) in [5.41, 5.74) is 1.82. The van der Waals surface area contributed by atoms with Crippen LogP contribution in [0.25, 0.3) is 11.4 Å². The van der Waals surface area contributed by atoms with Crippen LogP contribution in [0.3, 0.4) is 0 Å². The molecule has 1 atom stereocenters. The van der Waals surface area contributed by atoms with Crippen LogP contribution in [0, 0.1) is 0 Å². The van der Waals surface area contributed by atoms with Crippen molar-refractivity contribution in [3.8, 4) is 11.4 Å². The summed E-state index contributed by atoms with van der Waals surface area (Å²) in [5, 5.41) is 15.9. The number of nitrogens with one attached hydrogen (secondary N) is 2. The lowest BCUT2D eigenvalue weighted by Crippen LogP contribution is -2.16. The molecule has 0 aliphatic heterocycles. The van der Waals surface area contributed by atoms with Gasteiger partial charge in [0, 0.05) is 36.3 Å². The van der Waals surface area contributed by atoms with Gasteiger partial charge in [-0.25, -0.2) is 9.97 Å². The van der Waals surface area contributed by atoms with Crippen LogP contribution in [0.5, 0.6) is 0 Å². The highest BCUT2D eigenvalue weighted by Crippen LogP contribution is 2.22. The van der Waals surface area contributed by atoms with E-state index in [-0.39, 0.29) is 0 Å². The summed E-state index contributed by atoms with van der Waals surface area (Å²) in [6.45, 7) is 2.14. The number of nitrogens with zero attached hydrogens (tertiary/aromatic N) is 3. The molecule has 3 rings (SSSR count). The van der Waals surface area contributed by atoms with Crippen molar-refractivity contribution in [2.45, 2.75) is 13.0 Å². The zero-order valence-electron chi connectivity index (χ0n) is 13.3. The van der Waals surface area contributed by atoms with Gasteiger partial charge in [-0.15, -0.1) is 0 Å². The second kappa shape index (κ2) is 7.52. The summed E-state index contributed by atoms with van der Waals surface area (Å²) in [6.07, 6.45) is 2.97. The molecule has 0 radical (unpaired) electrons. The van der Waals surface area contributed by atoms with Crippen LogP contribution in [0.2, 0.25) is 0 Å². The normalized spacial score (nSPS) is 11.8. The Morgan fingerprint density at radius 2 is 1.71 bits per heavy atom. The molecule has 0 saturated carbocycles. The maximum Gasteiger partial charge on any atom is 0.163 e. The molecule has 0 saturated heterocycles. The fourth-order valence-electron chi connectivity index (χ4n) is 2.15. The first-order valence-corrected chi connectivity index (χ1v) is 7.74. The predicted octanol–water partition coefficient (Wildman–Crippen LogP) is 3.07. The van der Waals surface area contributed by atoms with E-state index in [0.29, 0.717) is 24.0 Å². The number of aromatic nitrogens is 3. The second-order valence-corrected chi connectivity index (χ2v) is 5.42. The fourth-order valence-corrected chi connectivity index (χ4v) is 2.15. The van der Waals surface area contributed by atoms with Gasteiger partial charge in [-0.05, 0) is 19.1 Å². The Hall–Kier alpha value is -2.99. The van der Waals surface area contributed by atoms with Gasteiger partial charge in [-0.3, -0.25) is 4.98 Å². The average Bonchev–Trinajstić information content (AvgIpc) is 2.61. The van der Waals surface area contributed by atoms with Gasteiger partial charge in [0.25, 0.3) is 0 Å². The maximum absolute atomic E-state index is 9.48. The summed E-state index contributed by atoms with van der Waals surface area (Å²) in [5.74, 6) is 1.94. The number of hydrogen-bond acceptors (Lipinski definition) is 6. The predicted molar refractivity (Wildman–Crippen MR) is 95.2 cm³/mol. The van der Waals surface area contributed by atoms with Crippen molar-refractivity contribution >= 4 is 17.3 Å². The van der Waals surface area contributed by atoms with E-state index in [1.54, 1.807) is 19.3 Å². The van der Waals surface area contributed by atoms with E-state index in [0.717, 1.165) is 11.3 Å². The number of aliphatic hydroxyl groups excluding tert-OH is 1. The number of anilines is 3. The molecule has 1 unspecified atom stereocenters. The van der Waals surface area contributed by atoms with E-state index in [1.165, 1.54) is 0 Å². The highest BCUT2D eigenvalue weighted by molar-refractivity contribution is 5.64. The van der Waals surface area contributed by atoms with Crippen molar-refractivity contribution in [2.75, 3.05) is 17.2 Å². The van der Waals surface area contributed by atoms with E-state index in [2.05, 4.69) is 25.6 Å². The smallest absolute Gasteiger partial charge is 0.163 e. The van der Waals surface area contributed by atoms with Crippen molar-refractivity contribution in [2.24, 2.45) is 0 Å². The van der Waals surface area contributed by atoms with Gasteiger partial charge in [0.1, 0.15) is 11.6 Å². The van der Waals surface area contributed by atoms with Crippen molar-refractivity contribution < 1.29 is 5.11 Å². The first-order chi connectivity index (χ1) is 11.7. The monoisotopic (exact) mass is 321 g/mol. The molecular formula is C18H19N5O. The zero-order valence-corrected chi connectivity index (χ0v) is 13.3. The Bertz CT molecular complexity index is 778. The minimum Gasteiger partial charge on any atom is -0.392 e. The summed E-state index contributed by atoms with van der Waals surface area (Å²) in [4.78, 5) is 13.1. The second-order valence-electron chi connectivity index (χ2n) is 5.42. The van der Waals surface area contributed by atoms with Crippen LogP contribution < -0.4 is 10.6 Å². The SMILES string of the molecule is CC(O)CNc1cc(Nc2ccncc2)nc(-c2ccccc2)n1. The number of pyridine rings is 1. The van der Waals surface area contributed by atoms with Crippen LogP contribution >= 0.6 is 0 Å². The van der Waals surface area contributed by atoms with Gasteiger partial charge in [0.05, 0.1) is 6.10 Å². The quantitative estimate of drug-likeness (QED) is 0.647. The molecule has 1 aromatic carbocycles. The van der Waals surface area contributed by atoms with Crippen molar-refractivity contribution in [1.82, 2.24) is 15.0 Å². The van der Waals surface area contributed by atoms with Crippen LogP contribution in [0.15, 0.2) is 60.9 Å². The Balaban J connectivity index is 1.93. The molecule has 0 aliphatic carbocycles. The molecule has 122 valence electrons. The van der Waals surface area contributed by atoms with Crippen molar-refractivity contribution in [3.63, 3.8) is 0 Å². The highest BCUT2D eigenvalue weighted by atomic mass is 16.3. The minimum absolute atomic E-state index is 0.417. The van der Waals surface area contributed by atoms with Gasteiger partial charge in [-0.2, -0.15) is 0 Å². The Morgan fingerprint density at radius 1 is 1.00 bits per heavy atom. The molecule has 3 N–H and O–H groups in total. The third-order valence-electron chi connectivity index (χ3n) is 3.29. The van der Waals surface area contributed by atoms with E-state index >= 15 is 0 Å². The molecule has 2 heterocycles. The average molecular weight is 321 g/mol. The maximum atomic E-state index is 9.48. The van der Waals surface area contributed by atoms with Gasteiger partial charge in [-0.1, -0.05) is 30.3 Å². The highest BCUT2D eigenvalue weighted by Gasteiger charge is 2.08. The molecule has 0 bridgehead atoms. The van der Waals surface area contributed by atoms with Crippen LogP contribution in [-0.2, 0) is 0 Å². The zero-order chi connectivity index (χ0) is 16.8. The largest absolute Gasteiger partial charge is 0.392 e. The molecule has 6 heteroatoms. The lowest BCUT2D eigenvalue weighted by molar-refractivity contribution is 0.208. The molecule has 0 aliphatic rings. The van der Waals surface area contributed by atoms with Crippen LogP contribution in [0.4, 0.5) is 17.3 Å². The molecule has 0 spiro atoms. The third kappa shape index (κ3) is 4.27. The molecule has 2 aromatic heterocycles. The van der Waals surface area contributed by atoms with Crippen molar-refractivity contribution in [1.29, 1.82) is 0 Å². The molecule has 24 heavy (non-hydrogen) atoms. The first-order valence-electron chi connectivity index (χ1n) is 7.74. The molecule has 3 aromatic rings. The van der Waals surface area contributed by atoms with Crippen molar-refractivity contribution in [3.05, 3.63) is 60.9 Å². The molecule has 0 fully saturated rings. The molecular weight excluding hydrogens is 302 g/mol. The summed E-state index contributed by atoms with van der Waals surface area (Å²) >= 11 is 0. The molecule has 6 nitrogen and oxygen atoms in total. The van der Waals surface area contributed by atoms with Crippen LogP contribution in [0.1, 0.15) is 6.92 Å². The van der Waals surface area contributed by atoms with E-state index in [1.807, 2.05) is 48.5 Å². The topological polar surface area (TPSA) is 83.0 Å². The first kappa shape index (κ1) is 15.9. The lowest BCUT2D eigenvalue weighted by Gasteiger charge is -2.12. The summed E-state index contributed by atoms with van der Waals surface area (Å²) in [6, 6.07) is 15.3. The lowest BCUT2D eigenvalue weighted by atomic mass is 10.2. The summed E-state index contributed by atoms with van der Waals surface area (Å²) < 4.78 is 0. The Kier molecular flexibility index (Phi) is 4.98. The number of benzene rings is 1. The number of aliphatic hydroxyl groups is 1. The minimum atomic E-state index is -0.461. The van der Waals surface area contributed by atoms with Gasteiger partial charge in [0.2, 0.25) is 0 Å². The Labute approximate surface area is 140 Å². The standard InChI is InChI=1S/C18H19N5O/c1-13(24)12-20-16-11-17(21-15-7-9-19-10-8-15)23-18(22-16)14-5-3-2-4-6-14/h2-11,13,24H,12H2,1H3,(H2,19,20,21,22,23). The number of rotatable bonds is 6. The van der Waals surface area contributed by atoms with Gasteiger partial charge in [0.15, 0.2) is 5.82 Å². The van der Waals surface area contributed by atoms with E-state index in [4.69, 9.17) is 0 Å². The summed E-state index contributed by atoms with van der Waals surface area (Å²) in [7, 11) is 0. The van der Waals surface area contributed by atoms with Gasteiger partial charge < -0.3 is 15.7 Å². The van der Waals surface area contributed by atoms with E-state index in [9.17, 15) is 5.11 Å². The number of hydrogen-bond donors (Lipinski definition) is 3. The third-order valence-corrected chi connectivity index (χ3v) is 3.29.